The molecule has 11 heavy (non-hydrogen) atoms. The van der Waals surface area contributed by atoms with Crippen LogP contribution in [-0.4, -0.2) is 29.1 Å². The molecule has 0 N–H and O–H groups in total. The monoisotopic (exact) mass is 211 g/mol. The Kier molecular flexibility index (Phi) is 2.28. The minimum absolute atomic E-state index is 0.514. The molecule has 2 atom stereocenters. The Hall–Kier alpha value is -0.0500. The van der Waals surface area contributed by atoms with E-state index < -0.39 is 10.0 Å². The SMILES string of the molecule is CS(=O)(=O)n1nc(P)c(P)n1. The highest BCUT2D eigenvalue weighted by atomic mass is 32.2. The van der Waals surface area contributed by atoms with Crippen molar-refractivity contribution in [2.75, 3.05) is 6.26 Å². The van der Waals surface area contributed by atoms with Crippen LogP contribution in [-0.2, 0) is 10.0 Å². The van der Waals surface area contributed by atoms with E-state index in [1.54, 1.807) is 0 Å². The van der Waals surface area contributed by atoms with Crippen molar-refractivity contribution in [1.82, 2.24) is 14.4 Å². The fraction of sp³-hybridized carbons (Fsp3) is 0.333. The van der Waals surface area contributed by atoms with Crippen LogP contribution < -0.4 is 10.9 Å². The molecule has 0 aliphatic rings. The Morgan fingerprint density at radius 2 is 1.64 bits per heavy atom. The van der Waals surface area contributed by atoms with Crippen LogP contribution in [0.15, 0.2) is 0 Å². The lowest BCUT2D eigenvalue weighted by Gasteiger charge is -1.90. The van der Waals surface area contributed by atoms with Gasteiger partial charge in [0.15, 0.2) is 0 Å². The second kappa shape index (κ2) is 2.77. The van der Waals surface area contributed by atoms with Gasteiger partial charge in [-0.05, 0) is 0 Å². The highest BCUT2D eigenvalue weighted by molar-refractivity contribution is 7.89. The van der Waals surface area contributed by atoms with E-state index in [4.69, 9.17) is 0 Å². The number of nitrogens with zero attached hydrogens (tertiary/aromatic N) is 3. The van der Waals surface area contributed by atoms with Crippen molar-refractivity contribution in [2.24, 2.45) is 0 Å². The predicted octanol–water partition coefficient (Wildman–Crippen LogP) is -1.91. The maximum absolute atomic E-state index is 10.8. The molecule has 0 saturated heterocycles. The van der Waals surface area contributed by atoms with E-state index in [-0.39, 0.29) is 0 Å². The van der Waals surface area contributed by atoms with E-state index in [0.29, 0.717) is 15.1 Å². The summed E-state index contributed by atoms with van der Waals surface area (Å²) in [6.07, 6.45) is 1.04. The molecular formula is C3H7N3O2P2S. The van der Waals surface area contributed by atoms with Crippen molar-refractivity contribution >= 4 is 39.4 Å². The first-order valence-electron chi connectivity index (χ1n) is 2.60. The van der Waals surface area contributed by atoms with Crippen molar-refractivity contribution in [3.05, 3.63) is 0 Å². The molecule has 8 heteroatoms. The molecule has 5 nitrogen and oxygen atoms in total. The molecule has 0 aromatic carbocycles. The van der Waals surface area contributed by atoms with Crippen LogP contribution in [0, 0.1) is 0 Å². The van der Waals surface area contributed by atoms with Crippen molar-refractivity contribution in [3.63, 3.8) is 0 Å². The van der Waals surface area contributed by atoms with Crippen LogP contribution in [0.5, 0.6) is 0 Å². The summed E-state index contributed by atoms with van der Waals surface area (Å²) in [7, 11) is 1.23. The molecule has 0 amide bonds. The van der Waals surface area contributed by atoms with Gasteiger partial charge in [-0.15, -0.1) is 10.2 Å². The van der Waals surface area contributed by atoms with Gasteiger partial charge in [-0.3, -0.25) is 0 Å². The van der Waals surface area contributed by atoms with Gasteiger partial charge >= 0.3 is 0 Å². The summed E-state index contributed by atoms with van der Waals surface area (Å²) in [6, 6.07) is 0. The third kappa shape index (κ3) is 1.95. The van der Waals surface area contributed by atoms with E-state index >= 15 is 0 Å². The Balaban J connectivity index is 3.29. The van der Waals surface area contributed by atoms with Gasteiger partial charge in [-0.25, -0.2) is 8.42 Å². The molecule has 0 radical (unpaired) electrons. The van der Waals surface area contributed by atoms with Gasteiger partial charge in [0.05, 0.1) is 6.26 Å². The zero-order valence-corrected chi connectivity index (χ0v) is 8.85. The number of hydrogen-bond acceptors (Lipinski definition) is 4. The number of aromatic nitrogens is 3. The van der Waals surface area contributed by atoms with Gasteiger partial charge in [0, 0.05) is 0 Å². The van der Waals surface area contributed by atoms with E-state index in [0.717, 1.165) is 6.26 Å². The molecule has 0 spiro atoms. The van der Waals surface area contributed by atoms with Crippen molar-refractivity contribution in [2.45, 2.75) is 0 Å². The Labute approximate surface area is 69.0 Å². The molecule has 0 bridgehead atoms. The van der Waals surface area contributed by atoms with Crippen molar-refractivity contribution in [3.8, 4) is 0 Å². The smallest absolute Gasteiger partial charge is 0.203 e. The average molecular weight is 211 g/mol. The van der Waals surface area contributed by atoms with E-state index in [1.165, 1.54) is 0 Å². The Morgan fingerprint density at radius 3 is 1.82 bits per heavy atom. The maximum Gasteiger partial charge on any atom is 0.267 e. The van der Waals surface area contributed by atoms with E-state index in [2.05, 4.69) is 28.7 Å². The topological polar surface area (TPSA) is 64.8 Å². The quantitative estimate of drug-likeness (QED) is 0.508. The van der Waals surface area contributed by atoms with Crippen LogP contribution in [0.2, 0.25) is 0 Å². The molecule has 0 aliphatic heterocycles. The standard InChI is InChI=1S/C3H7N3O2P2S/c1-11(7,8)6-4-2(9)3(10)5-6/h9-10H2,1H3. The van der Waals surface area contributed by atoms with Gasteiger partial charge in [0.2, 0.25) is 0 Å². The zero-order valence-electron chi connectivity index (χ0n) is 5.72. The maximum atomic E-state index is 10.8. The van der Waals surface area contributed by atoms with Gasteiger partial charge in [0.1, 0.15) is 10.9 Å². The first-order chi connectivity index (χ1) is 4.91. The fourth-order valence-corrected chi connectivity index (χ4v) is 1.43. The molecule has 2 unspecified atom stereocenters. The third-order valence-electron chi connectivity index (χ3n) is 0.946. The summed E-state index contributed by atoms with van der Waals surface area (Å²) in [4.78, 5) is 0. The molecule has 1 aromatic rings. The fourth-order valence-electron chi connectivity index (χ4n) is 0.457. The second-order valence-electron chi connectivity index (χ2n) is 1.96. The number of rotatable bonds is 1. The van der Waals surface area contributed by atoms with Crippen molar-refractivity contribution in [1.29, 1.82) is 0 Å². The van der Waals surface area contributed by atoms with Crippen LogP contribution >= 0.6 is 18.5 Å². The number of hydrogen-bond donors (Lipinski definition) is 0. The van der Waals surface area contributed by atoms with Crippen LogP contribution in [0.25, 0.3) is 0 Å². The lowest BCUT2D eigenvalue weighted by atomic mass is 10.9. The molecule has 0 saturated carbocycles. The predicted molar refractivity (Wildman–Crippen MR) is 49.0 cm³/mol. The Morgan fingerprint density at radius 1 is 1.27 bits per heavy atom. The first-order valence-corrected chi connectivity index (χ1v) is 5.60. The largest absolute Gasteiger partial charge is 0.267 e. The van der Waals surface area contributed by atoms with Crippen LogP contribution in [0.1, 0.15) is 0 Å². The molecule has 1 aromatic heterocycles. The lowest BCUT2D eigenvalue weighted by Crippen LogP contribution is -2.14. The highest BCUT2D eigenvalue weighted by Gasteiger charge is 2.10. The normalized spacial score (nSPS) is 11.9. The van der Waals surface area contributed by atoms with Crippen molar-refractivity contribution < 1.29 is 8.42 Å². The summed E-state index contributed by atoms with van der Waals surface area (Å²) in [5.74, 6) is 0. The van der Waals surface area contributed by atoms with Crippen LogP contribution in [0.3, 0.4) is 0 Å². The summed E-state index contributed by atoms with van der Waals surface area (Å²) in [6.45, 7) is 0. The second-order valence-corrected chi connectivity index (χ2v) is 4.84. The molecular weight excluding hydrogens is 204 g/mol. The summed E-state index contributed by atoms with van der Waals surface area (Å²) in [5.41, 5.74) is 1.03. The Bertz CT molecular complexity index is 350. The van der Waals surface area contributed by atoms with Gasteiger partial charge in [-0.2, -0.15) is 0 Å². The van der Waals surface area contributed by atoms with Gasteiger partial charge < -0.3 is 0 Å². The minimum Gasteiger partial charge on any atom is -0.203 e. The lowest BCUT2D eigenvalue weighted by molar-refractivity contribution is 0.576. The average Bonchev–Trinajstić information content (AvgIpc) is 2.11. The molecule has 0 fully saturated rings. The van der Waals surface area contributed by atoms with Crippen LogP contribution in [0.4, 0.5) is 0 Å². The molecule has 0 aliphatic carbocycles. The highest BCUT2D eigenvalue weighted by Crippen LogP contribution is 1.89. The molecule has 62 valence electrons. The zero-order chi connectivity index (χ0) is 8.65. The van der Waals surface area contributed by atoms with Gasteiger partial charge in [-0.1, -0.05) is 22.7 Å². The molecule has 1 heterocycles. The molecule has 1 rings (SSSR count). The van der Waals surface area contributed by atoms with E-state index in [9.17, 15) is 8.42 Å². The minimum atomic E-state index is -3.34. The first kappa shape index (κ1) is 9.04. The summed E-state index contributed by atoms with van der Waals surface area (Å²) >= 11 is 0. The third-order valence-corrected chi connectivity index (χ3v) is 2.86. The summed E-state index contributed by atoms with van der Waals surface area (Å²) in [5, 5.41) is 7.28. The summed E-state index contributed by atoms with van der Waals surface area (Å²) < 4.78 is 22.3. The van der Waals surface area contributed by atoms with Gasteiger partial charge in [0.25, 0.3) is 10.0 Å². The van der Waals surface area contributed by atoms with E-state index in [1.807, 2.05) is 0 Å².